The standard InChI is InChI=1S/C9H14N2OS/c1-3-7(2)13(12)9-8(10)5-4-6-11-9/h4-7H,3,10H2,1-2H3. The summed E-state index contributed by atoms with van der Waals surface area (Å²) < 4.78 is 11.8. The predicted octanol–water partition coefficient (Wildman–Crippen LogP) is 1.57. The van der Waals surface area contributed by atoms with Gasteiger partial charge in [-0.25, -0.2) is 4.98 Å². The number of hydrogen-bond donors (Lipinski definition) is 1. The molecule has 13 heavy (non-hydrogen) atoms. The Bertz CT molecular complexity index is 314. The minimum Gasteiger partial charge on any atom is -0.396 e. The van der Waals surface area contributed by atoms with Crippen molar-refractivity contribution in [3.63, 3.8) is 0 Å². The van der Waals surface area contributed by atoms with E-state index in [1.807, 2.05) is 13.8 Å². The lowest BCUT2D eigenvalue weighted by Crippen LogP contribution is -2.12. The summed E-state index contributed by atoms with van der Waals surface area (Å²) in [5.41, 5.74) is 6.17. The maximum Gasteiger partial charge on any atom is 0.150 e. The van der Waals surface area contributed by atoms with Gasteiger partial charge in [0, 0.05) is 11.4 Å². The third-order valence-electron chi connectivity index (χ3n) is 1.93. The fourth-order valence-electron chi connectivity index (χ4n) is 0.913. The first-order chi connectivity index (χ1) is 6.16. The average Bonchev–Trinajstić information content (AvgIpc) is 2.16. The van der Waals surface area contributed by atoms with Crippen LogP contribution in [0.4, 0.5) is 5.69 Å². The van der Waals surface area contributed by atoms with Gasteiger partial charge in [0.05, 0.1) is 16.5 Å². The molecule has 1 rings (SSSR count). The molecule has 3 nitrogen and oxygen atoms in total. The van der Waals surface area contributed by atoms with Crippen molar-refractivity contribution in [2.45, 2.75) is 30.5 Å². The molecule has 1 heterocycles. The number of pyridine rings is 1. The molecule has 0 fully saturated rings. The Kier molecular flexibility index (Phi) is 3.42. The second kappa shape index (κ2) is 4.37. The summed E-state index contributed by atoms with van der Waals surface area (Å²) in [4.78, 5) is 4.02. The van der Waals surface area contributed by atoms with Crippen molar-refractivity contribution in [3.05, 3.63) is 18.3 Å². The lowest BCUT2D eigenvalue weighted by atomic mass is 10.4. The molecule has 0 aliphatic rings. The number of nitrogen functional groups attached to an aromatic ring is 1. The highest BCUT2D eigenvalue weighted by Crippen LogP contribution is 2.16. The van der Waals surface area contributed by atoms with Crippen LogP contribution in [-0.4, -0.2) is 14.4 Å². The minimum absolute atomic E-state index is 0.109. The van der Waals surface area contributed by atoms with Crippen LogP contribution in [0.25, 0.3) is 0 Å². The average molecular weight is 198 g/mol. The van der Waals surface area contributed by atoms with Gasteiger partial charge in [-0.3, -0.25) is 4.21 Å². The summed E-state index contributed by atoms with van der Waals surface area (Å²) in [6.07, 6.45) is 2.48. The zero-order valence-corrected chi connectivity index (χ0v) is 8.67. The number of nitrogens with zero attached hydrogens (tertiary/aromatic N) is 1. The molecule has 2 unspecified atom stereocenters. The molecule has 0 saturated heterocycles. The second-order valence-corrected chi connectivity index (χ2v) is 4.70. The quantitative estimate of drug-likeness (QED) is 0.802. The van der Waals surface area contributed by atoms with Gasteiger partial charge in [0.15, 0.2) is 0 Å². The lowest BCUT2D eigenvalue weighted by Gasteiger charge is -2.08. The molecule has 1 aromatic heterocycles. The van der Waals surface area contributed by atoms with Crippen molar-refractivity contribution in [1.82, 2.24) is 4.98 Å². The zero-order valence-electron chi connectivity index (χ0n) is 7.86. The van der Waals surface area contributed by atoms with E-state index < -0.39 is 10.8 Å². The van der Waals surface area contributed by atoms with E-state index in [1.54, 1.807) is 18.3 Å². The molecule has 72 valence electrons. The van der Waals surface area contributed by atoms with Gasteiger partial charge < -0.3 is 5.73 Å². The third kappa shape index (κ3) is 2.28. The predicted molar refractivity (Wildman–Crippen MR) is 54.8 cm³/mol. The Morgan fingerprint density at radius 1 is 1.69 bits per heavy atom. The van der Waals surface area contributed by atoms with Gasteiger partial charge in [0.1, 0.15) is 5.03 Å². The Morgan fingerprint density at radius 2 is 2.38 bits per heavy atom. The summed E-state index contributed by atoms with van der Waals surface area (Å²) in [6, 6.07) is 3.47. The summed E-state index contributed by atoms with van der Waals surface area (Å²) >= 11 is 0. The van der Waals surface area contributed by atoms with Gasteiger partial charge in [-0.15, -0.1) is 0 Å². The highest BCUT2D eigenvalue weighted by atomic mass is 32.2. The Morgan fingerprint density at radius 3 is 2.92 bits per heavy atom. The van der Waals surface area contributed by atoms with Gasteiger partial charge in [0.25, 0.3) is 0 Å². The molecule has 0 amide bonds. The van der Waals surface area contributed by atoms with Gasteiger partial charge in [0.2, 0.25) is 0 Å². The second-order valence-electron chi connectivity index (χ2n) is 2.91. The van der Waals surface area contributed by atoms with E-state index in [0.29, 0.717) is 10.7 Å². The van der Waals surface area contributed by atoms with Gasteiger partial charge in [-0.1, -0.05) is 13.8 Å². The molecular formula is C9H14N2OS. The molecule has 0 radical (unpaired) electrons. The van der Waals surface area contributed by atoms with Crippen LogP contribution in [0, 0.1) is 0 Å². The maximum atomic E-state index is 11.8. The number of nitrogens with two attached hydrogens (primary N) is 1. The highest BCUT2D eigenvalue weighted by molar-refractivity contribution is 7.85. The SMILES string of the molecule is CCC(C)S(=O)c1ncccc1N. The monoisotopic (exact) mass is 198 g/mol. The first-order valence-electron chi connectivity index (χ1n) is 4.28. The number of anilines is 1. The molecule has 0 bridgehead atoms. The van der Waals surface area contributed by atoms with Gasteiger partial charge in [-0.2, -0.15) is 0 Å². The Balaban J connectivity index is 2.95. The zero-order chi connectivity index (χ0) is 9.84. The van der Waals surface area contributed by atoms with Crippen LogP contribution in [-0.2, 0) is 10.8 Å². The van der Waals surface area contributed by atoms with Crippen LogP contribution in [0.1, 0.15) is 20.3 Å². The van der Waals surface area contributed by atoms with Crippen LogP contribution < -0.4 is 5.73 Å². The molecule has 0 aliphatic heterocycles. The van der Waals surface area contributed by atoms with Crippen molar-refractivity contribution < 1.29 is 4.21 Å². The fourth-order valence-corrected chi connectivity index (χ4v) is 2.06. The van der Waals surface area contributed by atoms with E-state index in [4.69, 9.17) is 5.73 Å². The normalized spacial score (nSPS) is 15.2. The van der Waals surface area contributed by atoms with E-state index in [0.717, 1.165) is 6.42 Å². The third-order valence-corrected chi connectivity index (χ3v) is 3.72. The van der Waals surface area contributed by atoms with E-state index in [1.165, 1.54) is 0 Å². The molecule has 4 heteroatoms. The molecule has 0 aliphatic carbocycles. The molecule has 0 spiro atoms. The van der Waals surface area contributed by atoms with Crippen molar-refractivity contribution in [3.8, 4) is 0 Å². The molecule has 0 aromatic carbocycles. The summed E-state index contributed by atoms with van der Waals surface area (Å²) in [5.74, 6) is 0. The van der Waals surface area contributed by atoms with Crippen LogP contribution in [0.2, 0.25) is 0 Å². The van der Waals surface area contributed by atoms with Crippen molar-refractivity contribution in [2.75, 3.05) is 5.73 Å². The Labute approximate surface area is 80.8 Å². The summed E-state index contributed by atoms with van der Waals surface area (Å²) in [5, 5.41) is 0.619. The van der Waals surface area contributed by atoms with E-state index in [-0.39, 0.29) is 5.25 Å². The smallest absolute Gasteiger partial charge is 0.150 e. The number of aromatic nitrogens is 1. The molecule has 2 N–H and O–H groups in total. The van der Waals surface area contributed by atoms with E-state index in [2.05, 4.69) is 4.98 Å². The van der Waals surface area contributed by atoms with Crippen LogP contribution in [0.15, 0.2) is 23.4 Å². The molecule has 2 atom stereocenters. The molecule has 1 aromatic rings. The van der Waals surface area contributed by atoms with Crippen molar-refractivity contribution in [2.24, 2.45) is 0 Å². The topological polar surface area (TPSA) is 56.0 Å². The van der Waals surface area contributed by atoms with Crippen molar-refractivity contribution >= 4 is 16.5 Å². The van der Waals surface area contributed by atoms with Crippen molar-refractivity contribution in [1.29, 1.82) is 0 Å². The maximum absolute atomic E-state index is 11.8. The Hall–Kier alpha value is -0.900. The highest BCUT2D eigenvalue weighted by Gasteiger charge is 2.14. The van der Waals surface area contributed by atoms with Gasteiger partial charge in [-0.05, 0) is 18.6 Å². The van der Waals surface area contributed by atoms with Crippen LogP contribution in [0.3, 0.4) is 0 Å². The molecular weight excluding hydrogens is 184 g/mol. The van der Waals surface area contributed by atoms with E-state index >= 15 is 0 Å². The molecule has 0 saturated carbocycles. The first-order valence-corrected chi connectivity index (χ1v) is 5.49. The number of rotatable bonds is 3. The first kappa shape index (κ1) is 10.2. The van der Waals surface area contributed by atoms with Gasteiger partial charge >= 0.3 is 0 Å². The largest absolute Gasteiger partial charge is 0.396 e. The van der Waals surface area contributed by atoms with Crippen LogP contribution >= 0.6 is 0 Å². The fraction of sp³-hybridized carbons (Fsp3) is 0.444. The minimum atomic E-state index is -1.08. The summed E-state index contributed by atoms with van der Waals surface area (Å²) in [6.45, 7) is 3.94. The van der Waals surface area contributed by atoms with Crippen LogP contribution in [0.5, 0.6) is 0 Å². The lowest BCUT2D eigenvalue weighted by molar-refractivity contribution is 0.667. The van der Waals surface area contributed by atoms with E-state index in [9.17, 15) is 4.21 Å². The number of hydrogen-bond acceptors (Lipinski definition) is 3. The summed E-state index contributed by atoms with van der Waals surface area (Å²) in [7, 11) is -1.08.